The number of benzene rings is 3. The molecular weight excluding hydrogens is 502 g/mol. The van der Waals surface area contributed by atoms with Crippen LogP contribution in [0.5, 0.6) is 0 Å². The van der Waals surface area contributed by atoms with Gasteiger partial charge in [-0.3, -0.25) is 9.59 Å². The fourth-order valence-electron chi connectivity index (χ4n) is 5.80. The largest absolute Gasteiger partial charge is 0.472 e. The van der Waals surface area contributed by atoms with Crippen LogP contribution >= 0.6 is 0 Å². The van der Waals surface area contributed by atoms with Gasteiger partial charge in [-0.05, 0) is 91.7 Å². The van der Waals surface area contributed by atoms with Crippen LogP contribution in [0.25, 0.3) is 32.9 Å². The molecule has 0 aliphatic carbocycles. The van der Waals surface area contributed by atoms with Gasteiger partial charge in [-0.1, -0.05) is 36.4 Å². The summed E-state index contributed by atoms with van der Waals surface area (Å²) in [5.41, 5.74) is 4.91. The van der Waals surface area contributed by atoms with E-state index < -0.39 is 0 Å². The van der Waals surface area contributed by atoms with Gasteiger partial charge in [0.2, 0.25) is 5.91 Å². The Morgan fingerprint density at radius 3 is 2.58 bits per heavy atom. The van der Waals surface area contributed by atoms with Crippen LogP contribution < -0.4 is 10.6 Å². The van der Waals surface area contributed by atoms with Crippen LogP contribution in [0.2, 0.25) is 0 Å². The fraction of sp³-hybridized carbons (Fsp3) is 0.273. The van der Waals surface area contributed by atoms with E-state index in [4.69, 9.17) is 8.83 Å². The van der Waals surface area contributed by atoms with E-state index in [1.54, 1.807) is 12.5 Å². The van der Waals surface area contributed by atoms with E-state index in [1.807, 2.05) is 42.5 Å². The standard InChI is InChI=1S/C33H33N3O4/c1-22(37)35-27-7-4-6-24(18-27)23-10-15-36(16-11-23)14-5-13-34-33(38)31-20-26-19-30(25-12-17-39-21-25)28-8-2-3-9-29(28)32(26)40-31/h2-4,6-9,12,17-21,23H,5,10-11,13-16H2,1H3,(H,34,38)(H,35,37). The molecule has 2 N–H and O–H groups in total. The number of piperidine rings is 1. The molecule has 7 nitrogen and oxygen atoms in total. The average molecular weight is 536 g/mol. The van der Waals surface area contributed by atoms with E-state index in [9.17, 15) is 9.59 Å². The Morgan fingerprint density at radius 1 is 0.975 bits per heavy atom. The number of furan rings is 2. The van der Waals surface area contributed by atoms with Crippen molar-refractivity contribution < 1.29 is 18.4 Å². The van der Waals surface area contributed by atoms with Crippen molar-refractivity contribution in [1.82, 2.24) is 10.2 Å². The van der Waals surface area contributed by atoms with Gasteiger partial charge in [0.05, 0.1) is 12.5 Å². The number of rotatable bonds is 8. The lowest BCUT2D eigenvalue weighted by molar-refractivity contribution is -0.114. The molecule has 1 aliphatic rings. The number of anilines is 1. The lowest BCUT2D eigenvalue weighted by Crippen LogP contribution is -2.35. The Morgan fingerprint density at radius 2 is 1.80 bits per heavy atom. The first-order chi connectivity index (χ1) is 19.5. The van der Waals surface area contributed by atoms with E-state index >= 15 is 0 Å². The first kappa shape index (κ1) is 25.9. The van der Waals surface area contributed by atoms with Crippen molar-refractivity contribution in [2.75, 3.05) is 31.5 Å². The molecular formula is C33H33N3O4. The Hall–Kier alpha value is -4.36. The second kappa shape index (κ2) is 11.4. The minimum Gasteiger partial charge on any atom is -0.472 e. The number of carbonyl (C=O) groups is 2. The van der Waals surface area contributed by atoms with Crippen LogP contribution in [0, 0.1) is 0 Å². The molecule has 1 fully saturated rings. The van der Waals surface area contributed by atoms with E-state index in [0.717, 1.165) is 77.5 Å². The highest BCUT2D eigenvalue weighted by atomic mass is 16.3. The van der Waals surface area contributed by atoms with Gasteiger partial charge >= 0.3 is 0 Å². The lowest BCUT2D eigenvalue weighted by atomic mass is 9.89. The van der Waals surface area contributed by atoms with Crippen LogP contribution in [0.1, 0.15) is 48.2 Å². The summed E-state index contributed by atoms with van der Waals surface area (Å²) in [7, 11) is 0. The second-order valence-corrected chi connectivity index (χ2v) is 10.5. The highest BCUT2D eigenvalue weighted by Gasteiger charge is 2.21. The molecule has 0 radical (unpaired) electrons. The number of hydrogen-bond donors (Lipinski definition) is 2. The zero-order chi connectivity index (χ0) is 27.5. The predicted octanol–water partition coefficient (Wildman–Crippen LogP) is 6.80. The molecule has 0 spiro atoms. The molecule has 1 saturated heterocycles. The molecule has 2 amide bonds. The van der Waals surface area contributed by atoms with Gasteiger partial charge in [0, 0.05) is 35.5 Å². The summed E-state index contributed by atoms with van der Waals surface area (Å²) in [6, 6.07) is 22.1. The van der Waals surface area contributed by atoms with E-state index in [2.05, 4.69) is 39.8 Å². The monoisotopic (exact) mass is 535 g/mol. The van der Waals surface area contributed by atoms with E-state index in [-0.39, 0.29) is 11.8 Å². The van der Waals surface area contributed by atoms with Gasteiger partial charge in [-0.2, -0.15) is 0 Å². The van der Waals surface area contributed by atoms with Gasteiger partial charge in [-0.25, -0.2) is 0 Å². The molecule has 1 aliphatic heterocycles. The molecule has 0 atom stereocenters. The Bertz CT molecular complexity index is 1650. The van der Waals surface area contributed by atoms with Crippen LogP contribution in [-0.4, -0.2) is 42.9 Å². The zero-order valence-corrected chi connectivity index (χ0v) is 22.6. The molecule has 0 unspecified atom stereocenters. The maximum Gasteiger partial charge on any atom is 0.287 e. The third-order valence-corrected chi connectivity index (χ3v) is 7.78. The van der Waals surface area contributed by atoms with Crippen molar-refractivity contribution >= 4 is 39.2 Å². The molecule has 204 valence electrons. The first-order valence-electron chi connectivity index (χ1n) is 13.9. The van der Waals surface area contributed by atoms with Gasteiger partial charge in [0.25, 0.3) is 5.91 Å². The highest BCUT2D eigenvalue weighted by Crippen LogP contribution is 2.36. The number of nitrogens with zero attached hydrogens (tertiary/aromatic N) is 1. The summed E-state index contributed by atoms with van der Waals surface area (Å²) < 4.78 is 11.4. The number of fused-ring (bicyclic) bond motifs is 3. The van der Waals surface area contributed by atoms with Gasteiger partial charge in [0.1, 0.15) is 5.58 Å². The topological polar surface area (TPSA) is 87.7 Å². The quantitative estimate of drug-likeness (QED) is 0.213. The Kier molecular flexibility index (Phi) is 7.38. The highest BCUT2D eigenvalue weighted by molar-refractivity contribution is 6.12. The van der Waals surface area contributed by atoms with Crippen LogP contribution in [0.4, 0.5) is 5.69 Å². The van der Waals surface area contributed by atoms with Crippen LogP contribution in [0.15, 0.2) is 88.1 Å². The van der Waals surface area contributed by atoms with E-state index in [0.29, 0.717) is 18.2 Å². The third kappa shape index (κ3) is 5.51. The number of amides is 2. The Balaban J connectivity index is 1.03. The minimum absolute atomic E-state index is 0.0487. The number of nitrogens with one attached hydrogen (secondary N) is 2. The molecule has 7 heteroatoms. The summed E-state index contributed by atoms with van der Waals surface area (Å²) >= 11 is 0. The maximum absolute atomic E-state index is 12.9. The molecule has 0 saturated carbocycles. The van der Waals surface area contributed by atoms with Crippen molar-refractivity contribution in [2.45, 2.75) is 32.1 Å². The fourth-order valence-corrected chi connectivity index (χ4v) is 5.80. The van der Waals surface area contributed by atoms with Crippen LogP contribution in [-0.2, 0) is 4.79 Å². The lowest BCUT2D eigenvalue weighted by Gasteiger charge is -2.32. The molecule has 2 aromatic heterocycles. The molecule has 40 heavy (non-hydrogen) atoms. The smallest absolute Gasteiger partial charge is 0.287 e. The molecule has 0 bridgehead atoms. The van der Waals surface area contributed by atoms with Crippen molar-refractivity contribution in [1.29, 1.82) is 0 Å². The summed E-state index contributed by atoms with van der Waals surface area (Å²) in [4.78, 5) is 26.8. The first-order valence-corrected chi connectivity index (χ1v) is 13.9. The number of likely N-dealkylation sites (tertiary alicyclic amines) is 1. The zero-order valence-electron chi connectivity index (χ0n) is 22.6. The van der Waals surface area contributed by atoms with Gasteiger partial charge in [0.15, 0.2) is 5.76 Å². The SMILES string of the molecule is CC(=O)Nc1cccc(C2CCN(CCCNC(=O)c3cc4cc(-c5ccoc5)c5ccccc5c4o3)CC2)c1. The van der Waals surface area contributed by atoms with Crippen molar-refractivity contribution in [3.05, 3.63) is 90.6 Å². The summed E-state index contributed by atoms with van der Waals surface area (Å²) in [5, 5.41) is 8.84. The number of carbonyl (C=O) groups excluding carboxylic acids is 2. The van der Waals surface area contributed by atoms with Crippen molar-refractivity contribution in [2.24, 2.45) is 0 Å². The van der Waals surface area contributed by atoms with Gasteiger partial charge in [-0.15, -0.1) is 0 Å². The predicted molar refractivity (Wildman–Crippen MR) is 158 cm³/mol. The average Bonchev–Trinajstić information content (AvgIpc) is 3.66. The summed E-state index contributed by atoms with van der Waals surface area (Å²) in [5.74, 6) is 0.588. The molecule has 3 heterocycles. The molecule has 3 aromatic carbocycles. The van der Waals surface area contributed by atoms with Crippen LogP contribution in [0.3, 0.4) is 0 Å². The summed E-state index contributed by atoms with van der Waals surface area (Å²) in [6.45, 7) is 5.12. The maximum atomic E-state index is 12.9. The van der Waals surface area contributed by atoms with Crippen molar-refractivity contribution in [3.63, 3.8) is 0 Å². The third-order valence-electron chi connectivity index (χ3n) is 7.78. The van der Waals surface area contributed by atoms with Crippen molar-refractivity contribution in [3.8, 4) is 11.1 Å². The number of hydrogen-bond acceptors (Lipinski definition) is 5. The van der Waals surface area contributed by atoms with Gasteiger partial charge < -0.3 is 24.4 Å². The minimum atomic E-state index is -0.192. The molecule has 6 rings (SSSR count). The Labute approximate surface area is 233 Å². The van der Waals surface area contributed by atoms with E-state index in [1.165, 1.54) is 12.5 Å². The normalized spacial score (nSPS) is 14.5. The summed E-state index contributed by atoms with van der Waals surface area (Å²) in [6.07, 6.45) is 6.45. The second-order valence-electron chi connectivity index (χ2n) is 10.5. The molecule has 5 aromatic rings.